The van der Waals surface area contributed by atoms with E-state index in [9.17, 15) is 28.4 Å². The number of carbonyl (C=O) groups is 3. The molecular weight excluding hydrogens is 534 g/mol. The molecule has 11 nitrogen and oxygen atoms in total. The Kier molecular flexibility index (Phi) is 6.88. The molecule has 0 bridgehead atoms. The fourth-order valence-electron chi connectivity index (χ4n) is 5.80. The number of H-pyrrole nitrogens is 1. The first kappa shape index (κ1) is 27.6. The van der Waals surface area contributed by atoms with Gasteiger partial charge >= 0.3 is 0 Å². The summed E-state index contributed by atoms with van der Waals surface area (Å²) in [7, 11) is 1.44. The molecule has 5 rings (SSSR count). The third-order valence-electron chi connectivity index (χ3n) is 7.80. The van der Waals surface area contributed by atoms with Crippen molar-refractivity contribution in [2.45, 2.75) is 44.2 Å². The highest BCUT2D eigenvalue weighted by Gasteiger charge is 2.57. The Morgan fingerprint density at radius 3 is 2.73 bits per heavy atom. The molecule has 13 heteroatoms. The van der Waals surface area contributed by atoms with Crippen molar-refractivity contribution in [1.29, 1.82) is 5.26 Å². The van der Waals surface area contributed by atoms with Gasteiger partial charge in [0, 0.05) is 47.8 Å². The van der Waals surface area contributed by atoms with Crippen molar-refractivity contribution in [3.05, 3.63) is 69.7 Å². The van der Waals surface area contributed by atoms with Crippen LogP contribution in [0.3, 0.4) is 0 Å². The number of nitrogens with zero attached hydrogens (tertiary/aromatic N) is 6. The molecular formula is C28H26F2N8O3. The Balaban J connectivity index is 1.48. The smallest absolute Gasteiger partial charge is 0.270 e. The number of likely N-dealkylation sites (N-methyl/N-ethyl adjacent to an activating group) is 1. The van der Waals surface area contributed by atoms with Gasteiger partial charge in [0.15, 0.2) is 0 Å². The van der Waals surface area contributed by atoms with Gasteiger partial charge in [-0.15, -0.1) is 0 Å². The zero-order valence-electron chi connectivity index (χ0n) is 22.5. The van der Waals surface area contributed by atoms with Gasteiger partial charge in [-0.05, 0) is 47.7 Å². The third-order valence-corrected chi connectivity index (χ3v) is 7.80. The highest BCUT2D eigenvalue weighted by Crippen LogP contribution is 2.47. The van der Waals surface area contributed by atoms with Crippen molar-refractivity contribution in [1.82, 2.24) is 14.8 Å². The molecule has 210 valence electrons. The van der Waals surface area contributed by atoms with Crippen molar-refractivity contribution >= 4 is 40.0 Å². The van der Waals surface area contributed by atoms with Gasteiger partial charge in [0.25, 0.3) is 5.91 Å². The number of hydrogen-bond donors (Lipinski definition) is 2. The van der Waals surface area contributed by atoms with E-state index in [-0.39, 0.29) is 53.5 Å². The molecule has 3 heterocycles. The molecule has 3 amide bonds. The Hall–Kier alpha value is -4.95. The van der Waals surface area contributed by atoms with Crippen molar-refractivity contribution in [2.24, 2.45) is 11.0 Å². The minimum absolute atomic E-state index is 0.0205. The van der Waals surface area contributed by atoms with Gasteiger partial charge in [0.1, 0.15) is 29.4 Å². The Morgan fingerprint density at radius 1 is 1.29 bits per heavy atom. The molecule has 2 aliphatic rings. The van der Waals surface area contributed by atoms with E-state index in [4.69, 9.17) is 5.53 Å². The van der Waals surface area contributed by atoms with Crippen LogP contribution in [0.2, 0.25) is 0 Å². The number of halogens is 2. The number of nitrogens with one attached hydrogen (secondary N) is 2. The van der Waals surface area contributed by atoms with Gasteiger partial charge in [-0.2, -0.15) is 5.26 Å². The lowest BCUT2D eigenvalue weighted by Crippen LogP contribution is -2.52. The van der Waals surface area contributed by atoms with Gasteiger partial charge < -0.3 is 20.1 Å². The molecule has 1 aromatic heterocycles. The number of azide groups is 1. The summed E-state index contributed by atoms with van der Waals surface area (Å²) in [6, 6.07) is 7.96. The van der Waals surface area contributed by atoms with E-state index < -0.39 is 40.9 Å². The molecule has 0 radical (unpaired) electrons. The number of hydrogen-bond acceptors (Lipinski definition) is 5. The van der Waals surface area contributed by atoms with Crippen molar-refractivity contribution < 1.29 is 23.2 Å². The number of amides is 3. The molecule has 1 saturated heterocycles. The lowest BCUT2D eigenvalue weighted by molar-refractivity contribution is -0.136. The average Bonchev–Trinajstić information content (AvgIpc) is 3.61. The molecule has 2 aromatic carbocycles. The monoisotopic (exact) mass is 560 g/mol. The maximum Gasteiger partial charge on any atom is 0.270 e. The first-order chi connectivity index (χ1) is 19.5. The van der Waals surface area contributed by atoms with Crippen molar-refractivity contribution in [3.63, 3.8) is 0 Å². The lowest BCUT2D eigenvalue weighted by atomic mass is 9.79. The summed E-state index contributed by atoms with van der Waals surface area (Å²) in [5.41, 5.74) is 9.02. The van der Waals surface area contributed by atoms with Crippen LogP contribution in [0.1, 0.15) is 42.7 Å². The average molecular weight is 561 g/mol. The number of aromatic amines is 1. The van der Waals surface area contributed by atoms with Gasteiger partial charge in [-0.3, -0.25) is 14.4 Å². The number of benzene rings is 2. The normalized spacial score (nSPS) is 20.1. The first-order valence-electron chi connectivity index (χ1n) is 12.9. The van der Waals surface area contributed by atoms with E-state index in [1.54, 1.807) is 18.2 Å². The summed E-state index contributed by atoms with van der Waals surface area (Å²) < 4.78 is 28.0. The molecule has 1 spiro atoms. The Labute approximate surface area is 233 Å². The predicted molar refractivity (Wildman–Crippen MR) is 145 cm³/mol. The van der Waals surface area contributed by atoms with Gasteiger partial charge in [0.05, 0.1) is 17.0 Å². The zero-order chi connectivity index (χ0) is 29.6. The lowest BCUT2D eigenvalue weighted by Gasteiger charge is -2.33. The van der Waals surface area contributed by atoms with Crippen LogP contribution < -0.4 is 5.32 Å². The number of likely N-dealkylation sites (tertiary alicyclic amines) is 1. The maximum atomic E-state index is 14.3. The molecule has 0 aliphatic carbocycles. The van der Waals surface area contributed by atoms with Gasteiger partial charge in [0.2, 0.25) is 11.8 Å². The minimum Gasteiger partial charge on any atom is -0.350 e. The van der Waals surface area contributed by atoms with Crippen LogP contribution in [0.25, 0.3) is 21.3 Å². The maximum absolute atomic E-state index is 14.3. The molecule has 2 N–H and O–H groups in total. The summed E-state index contributed by atoms with van der Waals surface area (Å²) in [4.78, 5) is 49.0. The number of fused-ring (bicyclic) bond motifs is 3. The summed E-state index contributed by atoms with van der Waals surface area (Å²) in [6.07, 6.45) is 0.266. The molecule has 3 atom stereocenters. The minimum atomic E-state index is -1.24. The van der Waals surface area contributed by atoms with E-state index in [0.29, 0.717) is 11.3 Å². The summed E-state index contributed by atoms with van der Waals surface area (Å²) in [5, 5.41) is 16.5. The summed E-state index contributed by atoms with van der Waals surface area (Å²) in [5.74, 6) is -3.17. The quantitative estimate of drug-likeness (QED) is 0.250. The van der Waals surface area contributed by atoms with E-state index in [2.05, 4.69) is 26.4 Å². The van der Waals surface area contributed by atoms with Crippen LogP contribution in [0.5, 0.6) is 0 Å². The second-order valence-corrected chi connectivity index (χ2v) is 10.9. The molecule has 2 aliphatic heterocycles. The highest BCUT2D eigenvalue weighted by atomic mass is 19.1. The number of nitriles is 1. The second kappa shape index (κ2) is 10.2. The Bertz CT molecular complexity index is 1690. The van der Waals surface area contributed by atoms with Gasteiger partial charge in [-0.1, -0.05) is 25.0 Å². The standard InChI is InChI=1S/C28H26F2N8O3/c1-14(2)6-24(37(3)25(39)23-10-18-20(30)7-15(29)8-22(18)33-23)26(40)38-13-28(11-17(38)12-31)19-9-16(35-36-32)4-5-21(19)34-27(28)41/h4-5,7-10,14,17,24,33H,6,11,13H2,1-3H3,(H,34,41)/t17-,24-,28-/m0/s1. The van der Waals surface area contributed by atoms with Crippen LogP contribution in [0.4, 0.5) is 20.2 Å². The molecule has 1 fully saturated rings. The van der Waals surface area contributed by atoms with E-state index in [1.165, 1.54) is 22.9 Å². The van der Waals surface area contributed by atoms with E-state index in [0.717, 1.165) is 12.1 Å². The van der Waals surface area contributed by atoms with Crippen LogP contribution in [-0.4, -0.2) is 58.2 Å². The Morgan fingerprint density at radius 2 is 2.05 bits per heavy atom. The zero-order valence-corrected chi connectivity index (χ0v) is 22.5. The summed E-state index contributed by atoms with van der Waals surface area (Å²) in [6.45, 7) is 3.64. The second-order valence-electron chi connectivity index (χ2n) is 10.9. The van der Waals surface area contributed by atoms with E-state index in [1.807, 2.05) is 13.8 Å². The molecule has 3 aromatic rings. The van der Waals surface area contributed by atoms with Crippen molar-refractivity contribution in [2.75, 3.05) is 18.9 Å². The topological polar surface area (TPSA) is 158 Å². The number of carbonyl (C=O) groups excluding carboxylic acids is 3. The third kappa shape index (κ3) is 4.62. The van der Waals surface area contributed by atoms with Crippen LogP contribution >= 0.6 is 0 Å². The fraction of sp³-hybridized carbons (Fsp3) is 0.357. The summed E-state index contributed by atoms with van der Waals surface area (Å²) >= 11 is 0. The van der Waals surface area contributed by atoms with Gasteiger partial charge in [-0.25, -0.2) is 8.78 Å². The van der Waals surface area contributed by atoms with Crippen molar-refractivity contribution in [3.8, 4) is 6.07 Å². The SMILES string of the molecule is CC(C)C[C@@H](C(=O)N1C[C@]2(C[C@H]1C#N)C(=O)Nc1ccc(N=[N+]=[N-])cc12)N(C)C(=O)c1cc2c(F)cc(F)cc2[nH]1. The fourth-order valence-corrected chi connectivity index (χ4v) is 5.80. The predicted octanol–water partition coefficient (Wildman–Crippen LogP) is 4.89. The highest BCUT2D eigenvalue weighted by molar-refractivity contribution is 6.08. The molecule has 0 unspecified atom stereocenters. The molecule has 0 saturated carbocycles. The molecule has 41 heavy (non-hydrogen) atoms. The number of rotatable bonds is 6. The largest absolute Gasteiger partial charge is 0.350 e. The van der Waals surface area contributed by atoms with E-state index >= 15 is 0 Å². The van der Waals surface area contributed by atoms with Crippen LogP contribution in [-0.2, 0) is 15.0 Å². The first-order valence-corrected chi connectivity index (χ1v) is 12.9. The number of anilines is 1. The van der Waals surface area contributed by atoms with Crippen LogP contribution in [0.15, 0.2) is 41.5 Å². The van der Waals surface area contributed by atoms with Crippen LogP contribution in [0, 0.1) is 28.9 Å². The number of aromatic nitrogens is 1.